The van der Waals surface area contributed by atoms with Gasteiger partial charge in [0, 0.05) is 13.1 Å². The van der Waals surface area contributed by atoms with E-state index in [1.807, 2.05) is 24.3 Å². The number of carbonyl (C=O) groups excluding carboxylic acids is 2. The predicted octanol–water partition coefficient (Wildman–Crippen LogP) is 2.96. The zero-order chi connectivity index (χ0) is 18.7. The van der Waals surface area contributed by atoms with Crippen LogP contribution in [0.25, 0.3) is 10.2 Å². The number of nitrogens with zero attached hydrogens (tertiary/aromatic N) is 2. The van der Waals surface area contributed by atoms with Gasteiger partial charge in [0.2, 0.25) is 5.91 Å². The van der Waals surface area contributed by atoms with Gasteiger partial charge in [-0.3, -0.25) is 9.59 Å². The highest BCUT2D eigenvalue weighted by atomic mass is 32.1. The van der Waals surface area contributed by atoms with Crippen LogP contribution in [0.15, 0.2) is 42.5 Å². The van der Waals surface area contributed by atoms with Gasteiger partial charge in [-0.2, -0.15) is 0 Å². The summed E-state index contributed by atoms with van der Waals surface area (Å²) < 4.78 is 27.5. The molecule has 2 aromatic carbocycles. The summed E-state index contributed by atoms with van der Waals surface area (Å²) in [5.74, 6) is -2.87. The quantitative estimate of drug-likeness (QED) is 0.746. The van der Waals surface area contributed by atoms with Crippen LogP contribution in [0.5, 0.6) is 0 Å². The highest BCUT2D eigenvalue weighted by molar-refractivity contribution is 7.18. The average molecular weight is 375 g/mol. The zero-order valence-corrected chi connectivity index (χ0v) is 14.6. The number of halogens is 2. The van der Waals surface area contributed by atoms with Gasteiger partial charge in [-0.1, -0.05) is 12.1 Å². The molecule has 0 fully saturated rings. The molecule has 0 saturated heterocycles. The minimum atomic E-state index is -0.974. The predicted molar refractivity (Wildman–Crippen MR) is 94.8 cm³/mol. The minimum Gasteiger partial charge on any atom is -0.343 e. The molecule has 0 aliphatic rings. The summed E-state index contributed by atoms with van der Waals surface area (Å²) in [6.07, 6.45) is 0. The molecule has 5 nitrogen and oxygen atoms in total. The van der Waals surface area contributed by atoms with Crippen molar-refractivity contribution in [2.24, 2.45) is 0 Å². The molecule has 1 heterocycles. The molecule has 0 radical (unpaired) electrons. The molecule has 0 spiro atoms. The van der Waals surface area contributed by atoms with Crippen molar-refractivity contribution in [3.8, 4) is 0 Å². The Hall–Kier alpha value is -2.87. The third-order valence-corrected chi connectivity index (χ3v) is 4.73. The molecule has 0 aliphatic carbocycles. The van der Waals surface area contributed by atoms with Gasteiger partial charge in [0.15, 0.2) is 0 Å². The monoisotopic (exact) mass is 375 g/mol. The molecular weight excluding hydrogens is 360 g/mol. The van der Waals surface area contributed by atoms with E-state index < -0.39 is 17.5 Å². The molecule has 0 atom stereocenters. The number of likely N-dealkylation sites (N-methyl/N-ethyl adjacent to an activating group) is 1. The Balaban J connectivity index is 1.57. The Bertz CT molecular complexity index is 941. The normalized spacial score (nSPS) is 10.7. The molecule has 3 aromatic rings. The largest absolute Gasteiger partial charge is 0.343 e. The Kier molecular flexibility index (Phi) is 5.22. The number of aromatic nitrogens is 1. The highest BCUT2D eigenvalue weighted by Gasteiger charge is 2.16. The first-order valence-corrected chi connectivity index (χ1v) is 8.57. The van der Waals surface area contributed by atoms with Crippen molar-refractivity contribution in [1.82, 2.24) is 15.2 Å². The molecule has 0 bridgehead atoms. The third-order valence-electron chi connectivity index (χ3n) is 3.71. The number of amides is 2. The van der Waals surface area contributed by atoms with E-state index in [1.165, 1.54) is 16.2 Å². The molecule has 8 heteroatoms. The van der Waals surface area contributed by atoms with Crippen LogP contribution in [0.3, 0.4) is 0 Å². The van der Waals surface area contributed by atoms with Crippen LogP contribution >= 0.6 is 11.3 Å². The van der Waals surface area contributed by atoms with Gasteiger partial charge < -0.3 is 10.2 Å². The second kappa shape index (κ2) is 7.57. The fourth-order valence-electron chi connectivity index (χ4n) is 2.34. The van der Waals surface area contributed by atoms with Crippen molar-refractivity contribution in [1.29, 1.82) is 0 Å². The number of fused-ring (bicyclic) bond motifs is 1. The number of thiazole rings is 1. The van der Waals surface area contributed by atoms with E-state index in [-0.39, 0.29) is 18.0 Å². The number of carbonyl (C=O) groups is 2. The number of hydrogen-bond acceptors (Lipinski definition) is 4. The first-order chi connectivity index (χ1) is 12.4. The Morgan fingerprint density at radius 2 is 1.96 bits per heavy atom. The van der Waals surface area contributed by atoms with Gasteiger partial charge in [-0.05, 0) is 24.3 Å². The Morgan fingerprint density at radius 1 is 1.19 bits per heavy atom. The molecule has 1 aromatic heterocycles. The van der Waals surface area contributed by atoms with Gasteiger partial charge in [0.25, 0.3) is 5.91 Å². The Labute approximate surface area is 152 Å². The second-order valence-electron chi connectivity index (χ2n) is 5.63. The molecule has 0 aliphatic heterocycles. The van der Waals surface area contributed by atoms with Gasteiger partial charge >= 0.3 is 0 Å². The summed E-state index contributed by atoms with van der Waals surface area (Å²) in [5, 5.41) is 3.12. The van der Waals surface area contributed by atoms with Crippen LogP contribution < -0.4 is 5.32 Å². The lowest BCUT2D eigenvalue weighted by Crippen LogP contribution is -2.38. The molecule has 3 rings (SSSR count). The van der Waals surface area contributed by atoms with Crippen LogP contribution in [0, 0.1) is 11.6 Å². The standard InChI is InChI=1S/C18H15F2N3O2S/c1-23(10-16-22-14-4-2-3-5-15(14)26-16)17(24)9-21-18(25)12-7-6-11(19)8-13(12)20/h2-8H,9-10H2,1H3,(H,21,25). The summed E-state index contributed by atoms with van der Waals surface area (Å²) in [4.78, 5) is 30.0. The number of para-hydroxylation sites is 1. The first kappa shape index (κ1) is 17.9. The molecule has 134 valence electrons. The molecule has 0 unspecified atom stereocenters. The molecular formula is C18H15F2N3O2S. The van der Waals surface area contributed by atoms with Gasteiger partial charge in [0.1, 0.15) is 16.6 Å². The second-order valence-corrected chi connectivity index (χ2v) is 6.75. The van der Waals surface area contributed by atoms with Gasteiger partial charge in [0.05, 0.1) is 28.9 Å². The number of hydrogen-bond donors (Lipinski definition) is 1. The molecule has 26 heavy (non-hydrogen) atoms. The zero-order valence-electron chi connectivity index (χ0n) is 13.8. The SMILES string of the molecule is CN(Cc1nc2ccccc2s1)C(=O)CNC(=O)c1ccc(F)cc1F. The Morgan fingerprint density at radius 3 is 2.69 bits per heavy atom. The summed E-state index contributed by atoms with van der Waals surface area (Å²) in [5.41, 5.74) is 0.557. The lowest BCUT2D eigenvalue weighted by molar-refractivity contribution is -0.129. The van der Waals surface area contributed by atoms with E-state index in [9.17, 15) is 18.4 Å². The van der Waals surface area contributed by atoms with Crippen molar-refractivity contribution in [3.05, 3.63) is 64.7 Å². The van der Waals surface area contributed by atoms with Crippen molar-refractivity contribution < 1.29 is 18.4 Å². The summed E-state index contributed by atoms with van der Waals surface area (Å²) in [6, 6.07) is 10.3. The maximum absolute atomic E-state index is 13.6. The maximum Gasteiger partial charge on any atom is 0.254 e. The molecule has 0 saturated carbocycles. The van der Waals surface area contributed by atoms with Crippen LogP contribution in [0.4, 0.5) is 8.78 Å². The van der Waals surface area contributed by atoms with E-state index in [0.717, 1.165) is 27.4 Å². The minimum absolute atomic E-state index is 0.295. The van der Waals surface area contributed by atoms with Crippen molar-refractivity contribution in [3.63, 3.8) is 0 Å². The molecule has 1 N–H and O–H groups in total. The van der Waals surface area contributed by atoms with Crippen molar-refractivity contribution in [2.45, 2.75) is 6.54 Å². The van der Waals surface area contributed by atoms with Crippen molar-refractivity contribution >= 4 is 33.4 Å². The fourth-order valence-corrected chi connectivity index (χ4v) is 3.36. The summed E-state index contributed by atoms with van der Waals surface area (Å²) in [6.45, 7) is 0.00993. The fraction of sp³-hybridized carbons (Fsp3) is 0.167. The van der Waals surface area contributed by atoms with E-state index >= 15 is 0 Å². The smallest absolute Gasteiger partial charge is 0.254 e. The maximum atomic E-state index is 13.6. The number of nitrogens with one attached hydrogen (secondary N) is 1. The lowest BCUT2D eigenvalue weighted by atomic mass is 10.2. The lowest BCUT2D eigenvalue weighted by Gasteiger charge is -2.16. The van der Waals surface area contributed by atoms with Gasteiger partial charge in [-0.25, -0.2) is 13.8 Å². The topological polar surface area (TPSA) is 62.3 Å². The molecule has 2 amide bonds. The number of rotatable bonds is 5. The third kappa shape index (κ3) is 4.02. The number of benzene rings is 2. The van der Waals surface area contributed by atoms with Gasteiger partial charge in [-0.15, -0.1) is 11.3 Å². The van der Waals surface area contributed by atoms with Crippen LogP contribution in [-0.4, -0.2) is 35.3 Å². The van der Waals surface area contributed by atoms with E-state index in [0.29, 0.717) is 12.6 Å². The van der Waals surface area contributed by atoms with E-state index in [4.69, 9.17) is 0 Å². The van der Waals surface area contributed by atoms with E-state index in [1.54, 1.807) is 7.05 Å². The summed E-state index contributed by atoms with van der Waals surface area (Å²) >= 11 is 1.49. The van der Waals surface area contributed by atoms with Crippen LogP contribution in [0.1, 0.15) is 15.4 Å². The first-order valence-electron chi connectivity index (χ1n) is 7.75. The summed E-state index contributed by atoms with van der Waals surface area (Å²) in [7, 11) is 1.60. The van der Waals surface area contributed by atoms with E-state index in [2.05, 4.69) is 10.3 Å². The average Bonchev–Trinajstić information content (AvgIpc) is 3.01. The van der Waals surface area contributed by atoms with Crippen molar-refractivity contribution in [2.75, 3.05) is 13.6 Å². The van der Waals surface area contributed by atoms with Crippen LogP contribution in [0.2, 0.25) is 0 Å². The highest BCUT2D eigenvalue weighted by Crippen LogP contribution is 2.22. The van der Waals surface area contributed by atoms with Crippen LogP contribution in [-0.2, 0) is 11.3 Å².